The van der Waals surface area contributed by atoms with E-state index in [1.54, 1.807) is 41.9 Å². The molecule has 0 bridgehead atoms. The first-order chi connectivity index (χ1) is 22.0. The number of imidazole rings is 1. The molecule has 0 spiro atoms. The molecule has 0 unspecified atom stereocenters. The predicted molar refractivity (Wildman–Crippen MR) is 177 cm³/mol. The van der Waals surface area contributed by atoms with Gasteiger partial charge in [-0.1, -0.05) is 17.7 Å². The fourth-order valence-corrected chi connectivity index (χ4v) is 5.96. The lowest BCUT2D eigenvalue weighted by Crippen LogP contribution is -2.54. The zero-order valence-corrected chi connectivity index (χ0v) is 26.4. The molecule has 3 aromatic heterocycles. The van der Waals surface area contributed by atoms with Crippen LogP contribution in [0.15, 0.2) is 78.0 Å². The number of aliphatic carboxylic acids is 2. The number of fused-ring (bicyclic) bond motifs is 3. The lowest BCUT2D eigenvalue weighted by Gasteiger charge is -2.38. The number of halogens is 1. The molecule has 0 aliphatic carbocycles. The molecule has 0 saturated carbocycles. The van der Waals surface area contributed by atoms with Gasteiger partial charge in [-0.25, -0.2) is 14.4 Å². The largest absolute Gasteiger partial charge is 0.495 e. The normalized spacial score (nSPS) is 16.4. The number of aromatic nitrogens is 4. The highest BCUT2D eigenvalue weighted by atomic mass is 35.5. The number of nitrogens with one attached hydrogen (secondary N) is 1. The van der Waals surface area contributed by atoms with Crippen LogP contribution in [0.1, 0.15) is 13.8 Å². The Hall–Kier alpha value is -5.20. The Kier molecular flexibility index (Phi) is 9.40. The number of hydrogen-bond acceptors (Lipinski definition) is 8. The molecule has 238 valence electrons. The summed E-state index contributed by atoms with van der Waals surface area (Å²) < 4.78 is 8.72. The number of aryl methyl sites for hydroxylation is 1. The van der Waals surface area contributed by atoms with Gasteiger partial charge in [-0.3, -0.25) is 19.1 Å². The average molecular weight is 645 g/mol. The molecule has 1 fully saturated rings. The summed E-state index contributed by atoms with van der Waals surface area (Å²) in [5.74, 6) is -1.83. The molecular formula is C33H33ClN6O6. The molecule has 1 aliphatic rings. The second-order valence-electron chi connectivity index (χ2n) is 11.0. The fraction of sp³-hybridized carbons (Fsp3) is 0.242. The third kappa shape index (κ3) is 6.72. The van der Waals surface area contributed by atoms with Crippen molar-refractivity contribution in [2.45, 2.75) is 25.9 Å². The number of piperazine rings is 1. The van der Waals surface area contributed by atoms with E-state index in [9.17, 15) is 14.4 Å². The maximum absolute atomic E-state index is 13.6. The van der Waals surface area contributed by atoms with Crippen molar-refractivity contribution in [3.8, 4) is 22.6 Å². The van der Waals surface area contributed by atoms with E-state index in [2.05, 4.69) is 40.1 Å². The number of hydrogen-bond donors (Lipinski definition) is 3. The van der Waals surface area contributed by atoms with Gasteiger partial charge in [-0.15, -0.1) is 0 Å². The van der Waals surface area contributed by atoms with Crippen molar-refractivity contribution in [1.82, 2.24) is 24.4 Å². The Morgan fingerprint density at radius 3 is 2.30 bits per heavy atom. The predicted octanol–water partition coefficient (Wildman–Crippen LogP) is 4.50. The first-order valence-electron chi connectivity index (χ1n) is 14.4. The van der Waals surface area contributed by atoms with Gasteiger partial charge in [0.2, 0.25) is 0 Å². The van der Waals surface area contributed by atoms with Crippen LogP contribution < -0.4 is 20.6 Å². The SMILES string of the molecule is COc1cncc(-c2ccc3ncc4c(c3c2)n(-c2ccc(N3C[C@@H](C)N[C@@H](C)C3)c(Cl)c2)c(=O)n4C)c1.O=C(O)/C=C\C(=O)O. The maximum atomic E-state index is 13.6. The molecule has 5 aromatic rings. The number of methoxy groups -OCH3 is 1. The molecule has 3 N–H and O–H groups in total. The Morgan fingerprint density at radius 1 is 0.978 bits per heavy atom. The second-order valence-corrected chi connectivity index (χ2v) is 11.4. The highest BCUT2D eigenvalue weighted by Gasteiger charge is 2.24. The Labute approximate surface area is 269 Å². The van der Waals surface area contributed by atoms with E-state index in [1.165, 1.54) is 0 Å². The Morgan fingerprint density at radius 2 is 1.67 bits per heavy atom. The number of pyridine rings is 2. The standard InChI is InChI=1S/C29H29ClN6O2.C4H4O4/c1-17-15-35(16-18(2)33-17)26-8-6-21(11-24(26)30)36-28-23-10-19(20-9-22(38-4)13-31-12-20)5-7-25(23)32-14-27(28)34(3)29(36)37;5-3(6)1-2-4(7)8/h5-14,17-18,33H,15-16H2,1-4H3;1-2H,(H,5,6)(H,7,8)/b;2-1-/t17-,18+;. The minimum Gasteiger partial charge on any atom is -0.495 e. The van der Waals surface area contributed by atoms with Crippen molar-refractivity contribution in [2.24, 2.45) is 7.05 Å². The van der Waals surface area contributed by atoms with Crippen LogP contribution in [0, 0.1) is 0 Å². The quantitative estimate of drug-likeness (QED) is 0.225. The molecule has 6 rings (SSSR count). The zero-order chi connectivity index (χ0) is 33.1. The first-order valence-corrected chi connectivity index (χ1v) is 14.8. The van der Waals surface area contributed by atoms with E-state index in [0.29, 0.717) is 40.7 Å². The van der Waals surface area contributed by atoms with Crippen molar-refractivity contribution in [1.29, 1.82) is 0 Å². The van der Waals surface area contributed by atoms with E-state index in [-0.39, 0.29) is 5.69 Å². The molecule has 2 atom stereocenters. The van der Waals surface area contributed by atoms with Crippen LogP contribution in [-0.4, -0.2) is 73.5 Å². The molecule has 12 nitrogen and oxygen atoms in total. The summed E-state index contributed by atoms with van der Waals surface area (Å²) in [6.45, 7) is 6.09. The topological polar surface area (TPSA) is 152 Å². The van der Waals surface area contributed by atoms with Crippen molar-refractivity contribution < 1.29 is 24.5 Å². The Balaban J connectivity index is 0.000000463. The van der Waals surface area contributed by atoms with Gasteiger partial charge in [0.15, 0.2) is 0 Å². The van der Waals surface area contributed by atoms with E-state index < -0.39 is 11.9 Å². The van der Waals surface area contributed by atoms with Crippen LogP contribution in [0.2, 0.25) is 5.02 Å². The average Bonchev–Trinajstić information content (AvgIpc) is 3.29. The van der Waals surface area contributed by atoms with Crippen LogP contribution in [0.3, 0.4) is 0 Å². The van der Waals surface area contributed by atoms with Gasteiger partial charge < -0.3 is 25.2 Å². The molecule has 2 aromatic carbocycles. The minimum absolute atomic E-state index is 0.156. The highest BCUT2D eigenvalue weighted by molar-refractivity contribution is 6.33. The molecule has 1 aliphatic heterocycles. The van der Waals surface area contributed by atoms with Crippen molar-refractivity contribution in [3.63, 3.8) is 0 Å². The van der Waals surface area contributed by atoms with Crippen molar-refractivity contribution in [3.05, 3.63) is 88.7 Å². The molecular weight excluding hydrogens is 612 g/mol. The third-order valence-corrected chi connectivity index (χ3v) is 7.92. The summed E-state index contributed by atoms with van der Waals surface area (Å²) in [6, 6.07) is 14.6. The number of carboxylic acid groups (broad SMARTS) is 2. The van der Waals surface area contributed by atoms with Crippen molar-refractivity contribution >= 4 is 51.2 Å². The first kappa shape index (κ1) is 32.2. The molecule has 46 heavy (non-hydrogen) atoms. The number of nitrogens with zero attached hydrogens (tertiary/aromatic N) is 5. The van der Waals surface area contributed by atoms with E-state index >= 15 is 0 Å². The van der Waals surface area contributed by atoms with Gasteiger partial charge in [0.05, 0.1) is 52.5 Å². The Bertz CT molecular complexity index is 2010. The van der Waals surface area contributed by atoms with Gasteiger partial charge >= 0.3 is 17.6 Å². The number of carbonyl (C=O) groups is 2. The van der Waals surface area contributed by atoms with Crippen LogP contribution in [-0.2, 0) is 16.6 Å². The van der Waals surface area contributed by atoms with Gasteiger partial charge in [-0.2, -0.15) is 0 Å². The summed E-state index contributed by atoms with van der Waals surface area (Å²) >= 11 is 6.86. The number of ether oxygens (including phenoxy) is 1. The summed E-state index contributed by atoms with van der Waals surface area (Å²) in [5, 5.41) is 20.7. The van der Waals surface area contributed by atoms with Crippen LogP contribution in [0.25, 0.3) is 38.8 Å². The molecule has 4 heterocycles. The monoisotopic (exact) mass is 644 g/mol. The summed E-state index contributed by atoms with van der Waals surface area (Å²) in [5.41, 5.74) is 5.73. The fourth-order valence-electron chi connectivity index (χ4n) is 5.66. The van der Waals surface area contributed by atoms with Gasteiger partial charge in [-0.05, 0) is 55.8 Å². The summed E-state index contributed by atoms with van der Waals surface area (Å²) in [7, 11) is 3.39. The van der Waals surface area contributed by atoms with Crippen LogP contribution in [0.5, 0.6) is 5.75 Å². The highest BCUT2D eigenvalue weighted by Crippen LogP contribution is 2.33. The van der Waals surface area contributed by atoms with Gasteiger partial charge in [0.1, 0.15) is 5.75 Å². The third-order valence-electron chi connectivity index (χ3n) is 7.62. The molecule has 1 saturated heterocycles. The number of benzene rings is 2. The van der Waals surface area contributed by atoms with E-state index in [0.717, 1.165) is 51.8 Å². The smallest absolute Gasteiger partial charge is 0.333 e. The van der Waals surface area contributed by atoms with E-state index in [1.807, 2.05) is 36.4 Å². The van der Waals surface area contributed by atoms with Gasteiger partial charge in [0.25, 0.3) is 0 Å². The van der Waals surface area contributed by atoms with Gasteiger partial charge in [0, 0.05) is 61.5 Å². The maximum Gasteiger partial charge on any atom is 0.333 e. The lowest BCUT2D eigenvalue weighted by atomic mass is 10.0. The lowest BCUT2D eigenvalue weighted by molar-refractivity contribution is -0.134. The summed E-state index contributed by atoms with van der Waals surface area (Å²) in [4.78, 5) is 43.9. The number of rotatable bonds is 6. The number of carboxylic acids is 2. The van der Waals surface area contributed by atoms with Crippen LogP contribution in [0.4, 0.5) is 5.69 Å². The van der Waals surface area contributed by atoms with E-state index in [4.69, 9.17) is 26.6 Å². The molecule has 13 heteroatoms. The molecule has 0 radical (unpaired) electrons. The van der Waals surface area contributed by atoms with Crippen molar-refractivity contribution in [2.75, 3.05) is 25.1 Å². The number of anilines is 1. The van der Waals surface area contributed by atoms with Crippen LogP contribution >= 0.6 is 11.6 Å². The zero-order valence-electron chi connectivity index (χ0n) is 25.6. The summed E-state index contributed by atoms with van der Waals surface area (Å²) in [6.07, 6.45) is 6.34. The molecule has 0 amide bonds. The second kappa shape index (κ2) is 13.4. The minimum atomic E-state index is -1.26.